The molecule has 0 saturated heterocycles. The lowest BCUT2D eigenvalue weighted by molar-refractivity contribution is 0.111. The molecule has 1 unspecified atom stereocenters. The molecule has 4 nitrogen and oxygen atoms in total. The monoisotopic (exact) mass is 293 g/mol. The summed E-state index contributed by atoms with van der Waals surface area (Å²) < 4.78 is 19.6. The number of nitrogens with one attached hydrogen (secondary N) is 1. The van der Waals surface area contributed by atoms with E-state index in [4.69, 9.17) is 15.9 Å². The van der Waals surface area contributed by atoms with Crippen LogP contribution < -0.4 is 5.73 Å². The predicted molar refractivity (Wildman–Crippen MR) is 81.9 cm³/mol. The van der Waals surface area contributed by atoms with E-state index < -0.39 is 0 Å². The fourth-order valence-corrected chi connectivity index (χ4v) is 2.64. The van der Waals surface area contributed by atoms with Crippen molar-refractivity contribution in [1.29, 1.82) is 5.41 Å². The van der Waals surface area contributed by atoms with Crippen LogP contribution in [0.15, 0.2) is 18.2 Å². The minimum absolute atomic E-state index is 0.179. The van der Waals surface area contributed by atoms with Gasteiger partial charge in [0.2, 0.25) is 0 Å². The Kier molecular flexibility index (Phi) is 5.31. The molecule has 116 valence electrons. The van der Waals surface area contributed by atoms with Gasteiger partial charge in [-0.3, -0.25) is 10.3 Å². The highest BCUT2D eigenvalue weighted by atomic mass is 19.1. The van der Waals surface area contributed by atoms with E-state index in [9.17, 15) is 4.39 Å². The van der Waals surface area contributed by atoms with Crippen molar-refractivity contribution in [1.82, 2.24) is 4.90 Å². The predicted octanol–water partition coefficient (Wildman–Crippen LogP) is 2.36. The standard InChI is InChI=1S/C16H24FN3O/c1-11(12-6-7-12)20(8-9-21-2)10-13-4-3-5-14(15(13)17)16(18)19/h3-5,11-12H,6-10H2,1-2H3,(H3,18,19). The van der Waals surface area contributed by atoms with Crippen LogP contribution in [0.3, 0.4) is 0 Å². The number of amidine groups is 1. The molecule has 0 amide bonds. The second-order valence-corrected chi connectivity index (χ2v) is 5.73. The van der Waals surface area contributed by atoms with Gasteiger partial charge in [0.1, 0.15) is 11.7 Å². The minimum atomic E-state index is -0.379. The van der Waals surface area contributed by atoms with E-state index in [0.717, 1.165) is 6.54 Å². The van der Waals surface area contributed by atoms with E-state index in [1.165, 1.54) is 12.8 Å². The summed E-state index contributed by atoms with van der Waals surface area (Å²) in [4.78, 5) is 2.25. The van der Waals surface area contributed by atoms with Crippen molar-refractivity contribution in [2.45, 2.75) is 32.4 Å². The number of nitrogen functional groups attached to an aromatic ring is 1. The fraction of sp³-hybridized carbons (Fsp3) is 0.562. The highest BCUT2D eigenvalue weighted by Crippen LogP contribution is 2.35. The molecule has 0 radical (unpaired) electrons. The van der Waals surface area contributed by atoms with Crippen LogP contribution in [0.4, 0.5) is 4.39 Å². The summed E-state index contributed by atoms with van der Waals surface area (Å²) in [6.45, 7) is 4.12. The molecule has 1 aromatic rings. The van der Waals surface area contributed by atoms with Gasteiger partial charge in [-0.05, 0) is 31.7 Å². The Morgan fingerprint density at radius 1 is 1.52 bits per heavy atom. The molecule has 1 aromatic carbocycles. The Labute approximate surface area is 125 Å². The molecule has 1 aliphatic rings. The van der Waals surface area contributed by atoms with E-state index in [2.05, 4.69) is 11.8 Å². The number of rotatable bonds is 8. The number of nitrogens with two attached hydrogens (primary N) is 1. The zero-order valence-electron chi connectivity index (χ0n) is 12.7. The van der Waals surface area contributed by atoms with Crippen molar-refractivity contribution in [2.24, 2.45) is 11.7 Å². The average molecular weight is 293 g/mol. The Balaban J connectivity index is 2.15. The Morgan fingerprint density at radius 3 is 2.81 bits per heavy atom. The van der Waals surface area contributed by atoms with Crippen LogP contribution in [-0.4, -0.2) is 37.0 Å². The van der Waals surface area contributed by atoms with Gasteiger partial charge < -0.3 is 10.5 Å². The van der Waals surface area contributed by atoms with Crippen molar-refractivity contribution < 1.29 is 9.13 Å². The van der Waals surface area contributed by atoms with Gasteiger partial charge in [0.05, 0.1) is 12.2 Å². The second kappa shape index (κ2) is 7.00. The summed E-state index contributed by atoms with van der Waals surface area (Å²) >= 11 is 0. The first kappa shape index (κ1) is 15.9. The largest absolute Gasteiger partial charge is 0.384 e. The van der Waals surface area contributed by atoms with Gasteiger partial charge in [0, 0.05) is 31.8 Å². The third-order valence-electron chi connectivity index (χ3n) is 4.21. The molecular formula is C16H24FN3O. The van der Waals surface area contributed by atoms with Crippen LogP contribution in [0.2, 0.25) is 0 Å². The van der Waals surface area contributed by atoms with E-state index >= 15 is 0 Å². The Morgan fingerprint density at radius 2 is 2.24 bits per heavy atom. The van der Waals surface area contributed by atoms with Crippen molar-refractivity contribution in [2.75, 3.05) is 20.3 Å². The second-order valence-electron chi connectivity index (χ2n) is 5.73. The van der Waals surface area contributed by atoms with Crippen molar-refractivity contribution in [3.63, 3.8) is 0 Å². The van der Waals surface area contributed by atoms with Gasteiger partial charge in [0.25, 0.3) is 0 Å². The van der Waals surface area contributed by atoms with Crippen LogP contribution in [0, 0.1) is 17.1 Å². The van der Waals surface area contributed by atoms with Crippen molar-refractivity contribution in [3.05, 3.63) is 35.1 Å². The van der Waals surface area contributed by atoms with Crippen LogP contribution in [0.5, 0.6) is 0 Å². The van der Waals surface area contributed by atoms with Gasteiger partial charge >= 0.3 is 0 Å². The molecule has 2 rings (SSSR count). The normalized spacial score (nSPS) is 16.2. The molecule has 0 aromatic heterocycles. The summed E-state index contributed by atoms with van der Waals surface area (Å²) in [5.74, 6) is 0.101. The Bertz CT molecular complexity index is 502. The third kappa shape index (κ3) is 4.02. The summed E-state index contributed by atoms with van der Waals surface area (Å²) in [5.41, 5.74) is 6.19. The Hall–Kier alpha value is -1.46. The molecule has 1 saturated carbocycles. The fourth-order valence-electron chi connectivity index (χ4n) is 2.64. The van der Waals surface area contributed by atoms with Crippen molar-refractivity contribution in [3.8, 4) is 0 Å². The molecule has 1 atom stereocenters. The van der Waals surface area contributed by atoms with Crippen LogP contribution in [-0.2, 0) is 11.3 Å². The zero-order chi connectivity index (χ0) is 15.4. The number of benzene rings is 1. The third-order valence-corrected chi connectivity index (χ3v) is 4.21. The quantitative estimate of drug-likeness (QED) is 0.571. The van der Waals surface area contributed by atoms with Crippen molar-refractivity contribution >= 4 is 5.84 Å². The number of nitrogens with zero attached hydrogens (tertiary/aromatic N) is 1. The first-order valence-electron chi connectivity index (χ1n) is 7.39. The maximum atomic E-state index is 14.4. The van der Waals surface area contributed by atoms with Crippen LogP contribution >= 0.6 is 0 Å². The molecule has 1 aliphatic carbocycles. The first-order chi connectivity index (χ1) is 10.0. The van der Waals surface area contributed by atoms with Crippen LogP contribution in [0.25, 0.3) is 0 Å². The molecule has 0 heterocycles. The smallest absolute Gasteiger partial charge is 0.138 e. The molecule has 0 spiro atoms. The topological polar surface area (TPSA) is 62.3 Å². The van der Waals surface area contributed by atoms with E-state index in [-0.39, 0.29) is 17.2 Å². The molecule has 0 bridgehead atoms. The number of hydrogen-bond acceptors (Lipinski definition) is 3. The lowest BCUT2D eigenvalue weighted by Gasteiger charge is -2.29. The average Bonchev–Trinajstić information content (AvgIpc) is 3.28. The number of methoxy groups -OCH3 is 1. The molecule has 5 heteroatoms. The summed E-state index contributed by atoms with van der Waals surface area (Å²) in [6, 6.07) is 5.48. The van der Waals surface area contributed by atoms with E-state index in [1.807, 2.05) is 0 Å². The number of halogens is 1. The summed E-state index contributed by atoms with van der Waals surface area (Å²) in [6.07, 6.45) is 2.50. The zero-order valence-corrected chi connectivity index (χ0v) is 12.7. The first-order valence-corrected chi connectivity index (χ1v) is 7.39. The van der Waals surface area contributed by atoms with E-state index in [0.29, 0.717) is 30.7 Å². The molecular weight excluding hydrogens is 269 g/mol. The van der Waals surface area contributed by atoms with Gasteiger partial charge in [-0.15, -0.1) is 0 Å². The van der Waals surface area contributed by atoms with Crippen LogP contribution in [0.1, 0.15) is 30.9 Å². The van der Waals surface area contributed by atoms with Gasteiger partial charge in [0.15, 0.2) is 0 Å². The lowest BCUT2D eigenvalue weighted by Crippen LogP contribution is -2.37. The molecule has 1 fully saturated rings. The van der Waals surface area contributed by atoms with E-state index in [1.54, 1.807) is 25.3 Å². The lowest BCUT2D eigenvalue weighted by atomic mass is 10.1. The van der Waals surface area contributed by atoms with Gasteiger partial charge in [-0.25, -0.2) is 4.39 Å². The molecule has 3 N–H and O–H groups in total. The maximum absolute atomic E-state index is 14.4. The highest BCUT2D eigenvalue weighted by Gasteiger charge is 2.32. The SMILES string of the molecule is COCCN(Cc1cccc(C(=N)N)c1F)C(C)C1CC1. The molecule has 21 heavy (non-hydrogen) atoms. The number of ether oxygens (including phenoxy) is 1. The maximum Gasteiger partial charge on any atom is 0.138 e. The summed E-state index contributed by atoms with van der Waals surface area (Å²) in [5, 5.41) is 7.43. The minimum Gasteiger partial charge on any atom is -0.384 e. The van der Waals surface area contributed by atoms with Gasteiger partial charge in [-0.1, -0.05) is 12.1 Å². The van der Waals surface area contributed by atoms with Gasteiger partial charge in [-0.2, -0.15) is 0 Å². The molecule has 0 aliphatic heterocycles. The summed E-state index contributed by atoms with van der Waals surface area (Å²) in [7, 11) is 1.68. The number of hydrogen-bond donors (Lipinski definition) is 2. The highest BCUT2D eigenvalue weighted by molar-refractivity contribution is 5.95.